The summed E-state index contributed by atoms with van der Waals surface area (Å²) in [5.74, 6) is -3.77. The molecule has 4 N–H and O–H groups in total. The molecule has 0 radical (unpaired) electrons. The van der Waals surface area contributed by atoms with Gasteiger partial charge in [0.25, 0.3) is 11.5 Å². The summed E-state index contributed by atoms with van der Waals surface area (Å²) in [6.45, 7) is -0.515. The van der Waals surface area contributed by atoms with Crippen LogP contribution in [0, 0.1) is 11.8 Å². The van der Waals surface area contributed by atoms with Crippen molar-refractivity contribution in [2.45, 2.75) is 24.6 Å². The van der Waals surface area contributed by atoms with E-state index in [2.05, 4.69) is 9.97 Å². The number of halogens is 2. The molecule has 1 saturated carbocycles. The number of nitrogens with one attached hydrogen (secondary N) is 2. The average molecular weight is 568 g/mol. The van der Waals surface area contributed by atoms with Gasteiger partial charge in [-0.25, -0.2) is 22.5 Å². The number of rotatable bonds is 7. The van der Waals surface area contributed by atoms with E-state index < -0.39 is 51.0 Å². The van der Waals surface area contributed by atoms with Crippen molar-refractivity contribution in [3.05, 3.63) is 87.9 Å². The SMILES string of the molecule is NC(=O)c1cnc(F)c(Cn2c(C(=O)NS(=O)(=O)C3CC3)c(-c3ccc[nH]c3=O)c3c4occc4c(F)cc32)c1. The summed E-state index contributed by atoms with van der Waals surface area (Å²) in [6, 6.07) is 6.44. The largest absolute Gasteiger partial charge is 0.463 e. The summed E-state index contributed by atoms with van der Waals surface area (Å²) >= 11 is 0. The third kappa shape index (κ3) is 4.12. The predicted octanol–water partition coefficient (Wildman–Crippen LogP) is 2.79. The Hall–Kier alpha value is -4.85. The van der Waals surface area contributed by atoms with E-state index in [1.54, 1.807) is 0 Å². The van der Waals surface area contributed by atoms with Crippen LogP contribution in [0.5, 0.6) is 0 Å². The standard InChI is InChI=1S/C26H19F2N5O6S/c27-17-9-18-20(22-15(17)5-7-39-22)19(16-2-1-6-30-25(16)35)21(26(36)32-40(37,38)14-3-4-14)33(18)11-13-8-12(24(29)34)10-31-23(13)28/h1-2,5-10,14H,3-4,11H2,(H2,29,34)(H,30,35)(H,32,36). The van der Waals surface area contributed by atoms with Crippen molar-refractivity contribution in [3.63, 3.8) is 0 Å². The lowest BCUT2D eigenvalue weighted by Gasteiger charge is -2.14. The molecule has 0 bridgehead atoms. The first-order valence-electron chi connectivity index (χ1n) is 12.0. The van der Waals surface area contributed by atoms with Gasteiger partial charge in [-0.3, -0.25) is 14.4 Å². The lowest BCUT2D eigenvalue weighted by atomic mass is 10.0. The van der Waals surface area contributed by atoms with E-state index in [0.29, 0.717) is 12.8 Å². The number of amides is 2. The number of H-pyrrole nitrogens is 1. The van der Waals surface area contributed by atoms with Crippen molar-refractivity contribution < 1.29 is 31.2 Å². The predicted molar refractivity (Wildman–Crippen MR) is 139 cm³/mol. The number of sulfonamides is 1. The van der Waals surface area contributed by atoms with Crippen molar-refractivity contribution in [1.29, 1.82) is 0 Å². The molecular formula is C26H19F2N5O6S. The molecule has 5 aromatic rings. The van der Waals surface area contributed by atoms with Gasteiger partial charge in [-0.2, -0.15) is 4.39 Å². The third-order valence-electron chi connectivity index (χ3n) is 6.74. The number of hydrogen-bond acceptors (Lipinski definition) is 7. The van der Waals surface area contributed by atoms with Crippen molar-refractivity contribution in [3.8, 4) is 11.1 Å². The second-order valence-corrected chi connectivity index (χ2v) is 11.3. The highest BCUT2D eigenvalue weighted by atomic mass is 32.2. The molecule has 14 heteroatoms. The highest BCUT2D eigenvalue weighted by Crippen LogP contribution is 2.40. The normalized spacial score (nSPS) is 13.7. The lowest BCUT2D eigenvalue weighted by Crippen LogP contribution is -2.35. The maximum absolute atomic E-state index is 15.2. The zero-order valence-corrected chi connectivity index (χ0v) is 21.2. The summed E-state index contributed by atoms with van der Waals surface area (Å²) in [4.78, 5) is 44.6. The second-order valence-electron chi connectivity index (χ2n) is 9.35. The zero-order valence-electron chi connectivity index (χ0n) is 20.4. The number of carbonyl (C=O) groups is 2. The van der Waals surface area contributed by atoms with Gasteiger partial charge in [0.05, 0.1) is 45.5 Å². The topological polar surface area (TPSA) is 170 Å². The van der Waals surface area contributed by atoms with E-state index in [1.165, 1.54) is 30.7 Å². The molecule has 0 aliphatic heterocycles. The molecule has 1 fully saturated rings. The molecular weight excluding hydrogens is 548 g/mol. The second kappa shape index (κ2) is 9.12. The number of carbonyl (C=O) groups excluding carboxylic acids is 2. The van der Waals surface area contributed by atoms with E-state index in [4.69, 9.17) is 10.2 Å². The number of aromatic amines is 1. The maximum Gasteiger partial charge on any atom is 0.282 e. The van der Waals surface area contributed by atoms with Gasteiger partial charge in [0, 0.05) is 23.5 Å². The quantitative estimate of drug-likeness (QED) is 0.254. The number of hydrogen-bond donors (Lipinski definition) is 3. The lowest BCUT2D eigenvalue weighted by molar-refractivity contribution is 0.0970. The highest BCUT2D eigenvalue weighted by Gasteiger charge is 2.39. The molecule has 11 nitrogen and oxygen atoms in total. The Morgan fingerprint density at radius 1 is 1.23 bits per heavy atom. The molecule has 40 heavy (non-hydrogen) atoms. The minimum absolute atomic E-state index is 0.00366. The van der Waals surface area contributed by atoms with Crippen LogP contribution in [0.2, 0.25) is 0 Å². The van der Waals surface area contributed by atoms with Crippen molar-refractivity contribution in [2.24, 2.45) is 5.73 Å². The molecule has 1 aliphatic rings. The van der Waals surface area contributed by atoms with Crippen molar-refractivity contribution in [2.75, 3.05) is 0 Å². The molecule has 1 aromatic carbocycles. The van der Waals surface area contributed by atoms with Crippen LogP contribution >= 0.6 is 0 Å². The number of aromatic nitrogens is 3. The van der Waals surface area contributed by atoms with Crippen LogP contribution in [0.3, 0.4) is 0 Å². The summed E-state index contributed by atoms with van der Waals surface area (Å²) in [5, 5.41) is -0.605. The zero-order chi connectivity index (χ0) is 28.3. The number of fused-ring (bicyclic) bond motifs is 3. The number of nitrogens with zero attached hydrogens (tertiary/aromatic N) is 2. The van der Waals surface area contributed by atoms with Crippen LogP contribution in [-0.2, 0) is 16.6 Å². The smallest absolute Gasteiger partial charge is 0.282 e. The Labute approximate surface area is 223 Å². The molecule has 0 atom stereocenters. The van der Waals surface area contributed by atoms with Crippen LogP contribution in [0.15, 0.2) is 58.2 Å². The summed E-state index contributed by atoms with van der Waals surface area (Å²) < 4.78 is 64.4. The fraction of sp³-hybridized carbons (Fsp3) is 0.154. The average Bonchev–Trinajstić information content (AvgIpc) is 3.58. The van der Waals surface area contributed by atoms with E-state index in [0.717, 1.165) is 22.9 Å². The number of primary amides is 1. The Kier molecular flexibility index (Phi) is 5.80. The van der Waals surface area contributed by atoms with Gasteiger partial charge in [-0.1, -0.05) is 0 Å². The molecule has 4 aromatic heterocycles. The molecule has 0 spiro atoms. The Morgan fingerprint density at radius 2 is 2.00 bits per heavy atom. The molecule has 2 amide bonds. The van der Waals surface area contributed by atoms with Crippen LogP contribution in [0.25, 0.3) is 33.0 Å². The monoisotopic (exact) mass is 567 g/mol. The van der Waals surface area contributed by atoms with E-state index in [9.17, 15) is 27.2 Å². The molecule has 0 saturated heterocycles. The van der Waals surface area contributed by atoms with Gasteiger partial charge in [0.2, 0.25) is 21.9 Å². The number of nitrogens with two attached hydrogens (primary N) is 1. The van der Waals surface area contributed by atoms with E-state index >= 15 is 4.39 Å². The highest BCUT2D eigenvalue weighted by molar-refractivity contribution is 7.91. The Bertz CT molecular complexity index is 2040. The molecule has 1 aliphatic carbocycles. The fourth-order valence-electron chi connectivity index (χ4n) is 4.74. The Balaban J connectivity index is 1.71. The summed E-state index contributed by atoms with van der Waals surface area (Å²) in [6.07, 6.45) is 4.25. The van der Waals surface area contributed by atoms with Gasteiger partial charge >= 0.3 is 0 Å². The van der Waals surface area contributed by atoms with Gasteiger partial charge in [0.1, 0.15) is 17.1 Å². The van der Waals surface area contributed by atoms with Crippen molar-refractivity contribution >= 4 is 43.7 Å². The third-order valence-corrected chi connectivity index (χ3v) is 8.56. The van der Waals surface area contributed by atoms with Gasteiger partial charge in [-0.05, 0) is 43.2 Å². The minimum Gasteiger partial charge on any atom is -0.463 e. The van der Waals surface area contributed by atoms with Crippen LogP contribution in [-0.4, -0.2) is 40.0 Å². The van der Waals surface area contributed by atoms with E-state index in [1.807, 2.05) is 4.72 Å². The fourth-order valence-corrected chi connectivity index (χ4v) is 6.01. The van der Waals surface area contributed by atoms with E-state index in [-0.39, 0.29) is 49.8 Å². The molecule has 0 unspecified atom stereocenters. The summed E-state index contributed by atoms with van der Waals surface area (Å²) in [7, 11) is -4.08. The van der Waals surface area contributed by atoms with Gasteiger partial charge in [0.15, 0.2) is 0 Å². The number of furan rings is 1. The van der Waals surface area contributed by atoms with Crippen LogP contribution in [0.4, 0.5) is 8.78 Å². The number of benzene rings is 1. The van der Waals surface area contributed by atoms with Gasteiger partial charge < -0.3 is 19.7 Å². The van der Waals surface area contributed by atoms with Crippen LogP contribution in [0.1, 0.15) is 39.3 Å². The number of pyridine rings is 2. The first kappa shape index (κ1) is 25.4. The molecule has 6 rings (SSSR count). The Morgan fingerprint density at radius 3 is 2.70 bits per heavy atom. The molecule has 4 heterocycles. The summed E-state index contributed by atoms with van der Waals surface area (Å²) in [5.41, 5.74) is 3.86. The van der Waals surface area contributed by atoms with Crippen LogP contribution < -0.4 is 16.0 Å². The van der Waals surface area contributed by atoms with Gasteiger partial charge in [-0.15, -0.1) is 0 Å². The first-order valence-corrected chi connectivity index (χ1v) is 13.5. The minimum atomic E-state index is -4.08. The van der Waals surface area contributed by atoms with Crippen molar-refractivity contribution in [1.82, 2.24) is 19.3 Å². The first-order chi connectivity index (χ1) is 19.1. The maximum atomic E-state index is 15.2. The molecule has 204 valence electrons.